The summed E-state index contributed by atoms with van der Waals surface area (Å²) in [5.41, 5.74) is 1.06. The molecule has 4 rings (SSSR count). The third kappa shape index (κ3) is 5.88. The Hall–Kier alpha value is -2.38. The summed E-state index contributed by atoms with van der Waals surface area (Å²) in [6.07, 6.45) is 5.30. The summed E-state index contributed by atoms with van der Waals surface area (Å²) in [5, 5.41) is 4.17. The van der Waals surface area contributed by atoms with Gasteiger partial charge in [-0.25, -0.2) is 0 Å². The summed E-state index contributed by atoms with van der Waals surface area (Å²) in [5.74, 6) is 0.106. The molecular formula is C29H34Cl2N2O4. The number of piperidine rings is 1. The molecule has 1 saturated carbocycles. The van der Waals surface area contributed by atoms with Crippen LogP contribution in [0.15, 0.2) is 55.1 Å². The molecule has 2 aromatic rings. The van der Waals surface area contributed by atoms with Crippen LogP contribution in [-0.4, -0.2) is 55.2 Å². The maximum absolute atomic E-state index is 13.0. The molecule has 198 valence electrons. The molecule has 2 unspecified atom stereocenters. The summed E-state index contributed by atoms with van der Waals surface area (Å²) >= 11 is 12.2. The zero-order chi connectivity index (χ0) is 26.6. The molecule has 1 aliphatic carbocycles. The molecule has 1 amide bonds. The third-order valence-electron chi connectivity index (χ3n) is 7.84. The molecule has 1 N–H and O–H groups in total. The Morgan fingerprint density at radius 1 is 1.19 bits per heavy atom. The minimum absolute atomic E-state index is 0.0260. The zero-order valence-electron chi connectivity index (χ0n) is 21.4. The predicted molar refractivity (Wildman–Crippen MR) is 146 cm³/mol. The van der Waals surface area contributed by atoms with E-state index in [1.165, 1.54) is 6.92 Å². The first-order valence-corrected chi connectivity index (χ1v) is 13.4. The lowest BCUT2D eigenvalue weighted by Crippen LogP contribution is -2.68. The van der Waals surface area contributed by atoms with Gasteiger partial charge in [0.25, 0.3) is 0 Å². The van der Waals surface area contributed by atoms with E-state index in [4.69, 9.17) is 32.7 Å². The standard InChI is InChI=1S/C29H34Cl2N2O4/c1-4-13-33-14-12-28(22-6-5-7-24(17-22)37-20(2)34)18-23(10-11-29(28,19-33)36-3)32-27(35)16-21-8-9-25(30)26(31)15-21/h4-9,15,17,23H,1,10-14,16,18-19H2,2-3H3,(H,32,35)/t23-,28?,29?/m1/s1. The number of nitrogens with zero attached hydrogens (tertiary/aromatic N) is 1. The molecular weight excluding hydrogens is 511 g/mol. The smallest absolute Gasteiger partial charge is 0.308 e. The molecule has 1 saturated heterocycles. The van der Waals surface area contributed by atoms with Gasteiger partial charge in [0.05, 0.1) is 22.1 Å². The molecule has 0 aromatic heterocycles. The molecule has 0 radical (unpaired) electrons. The van der Waals surface area contributed by atoms with Crippen molar-refractivity contribution in [1.82, 2.24) is 10.2 Å². The van der Waals surface area contributed by atoms with Crippen molar-refractivity contribution >= 4 is 35.1 Å². The van der Waals surface area contributed by atoms with Gasteiger partial charge in [-0.05, 0) is 67.6 Å². The molecule has 6 nitrogen and oxygen atoms in total. The normalized spacial score (nSPS) is 25.7. The highest BCUT2D eigenvalue weighted by Crippen LogP contribution is 2.53. The van der Waals surface area contributed by atoms with Gasteiger partial charge in [0.1, 0.15) is 5.75 Å². The Morgan fingerprint density at radius 3 is 2.70 bits per heavy atom. The number of hydrogen-bond acceptors (Lipinski definition) is 5. The Labute approximate surface area is 228 Å². The van der Waals surface area contributed by atoms with E-state index in [9.17, 15) is 9.59 Å². The molecule has 0 bridgehead atoms. The first-order chi connectivity index (χ1) is 17.7. The monoisotopic (exact) mass is 544 g/mol. The van der Waals surface area contributed by atoms with Gasteiger partial charge >= 0.3 is 5.97 Å². The number of fused-ring (bicyclic) bond motifs is 1. The van der Waals surface area contributed by atoms with Gasteiger partial charge in [0, 0.05) is 38.6 Å². The van der Waals surface area contributed by atoms with Gasteiger partial charge in [0.2, 0.25) is 5.91 Å². The molecule has 3 atom stereocenters. The number of amides is 1. The number of rotatable bonds is 8. The minimum atomic E-state index is -0.450. The maximum atomic E-state index is 13.0. The molecule has 8 heteroatoms. The number of nitrogens with one attached hydrogen (secondary N) is 1. The number of carbonyl (C=O) groups is 2. The van der Waals surface area contributed by atoms with E-state index >= 15 is 0 Å². The fourth-order valence-electron chi connectivity index (χ4n) is 6.19. The van der Waals surface area contributed by atoms with E-state index < -0.39 is 5.60 Å². The fourth-order valence-corrected chi connectivity index (χ4v) is 6.51. The largest absolute Gasteiger partial charge is 0.427 e. The van der Waals surface area contributed by atoms with Crippen LogP contribution in [0.3, 0.4) is 0 Å². The van der Waals surface area contributed by atoms with E-state index in [0.29, 0.717) is 15.8 Å². The second kappa shape index (κ2) is 11.6. The lowest BCUT2D eigenvalue weighted by molar-refractivity contribution is -0.149. The van der Waals surface area contributed by atoms with Crippen LogP contribution in [0.1, 0.15) is 43.7 Å². The first kappa shape index (κ1) is 27.6. The summed E-state index contributed by atoms with van der Waals surface area (Å²) in [4.78, 5) is 27.1. The van der Waals surface area contributed by atoms with Crippen molar-refractivity contribution in [2.45, 2.75) is 56.1 Å². The minimum Gasteiger partial charge on any atom is -0.427 e. The molecule has 1 aliphatic heterocycles. The van der Waals surface area contributed by atoms with E-state index in [-0.39, 0.29) is 29.8 Å². The molecule has 2 aromatic carbocycles. The number of hydrogen-bond donors (Lipinski definition) is 1. The zero-order valence-corrected chi connectivity index (χ0v) is 22.9. The van der Waals surface area contributed by atoms with Crippen LogP contribution < -0.4 is 10.1 Å². The fraction of sp³-hybridized carbons (Fsp3) is 0.448. The van der Waals surface area contributed by atoms with Gasteiger partial charge in [-0.1, -0.05) is 47.5 Å². The third-order valence-corrected chi connectivity index (χ3v) is 8.58. The van der Waals surface area contributed by atoms with Crippen LogP contribution in [-0.2, 0) is 26.2 Å². The lowest BCUT2D eigenvalue weighted by atomic mass is 9.55. The Balaban J connectivity index is 1.62. The highest BCUT2D eigenvalue weighted by atomic mass is 35.5. The van der Waals surface area contributed by atoms with E-state index in [0.717, 1.165) is 56.4 Å². The van der Waals surface area contributed by atoms with Gasteiger partial charge < -0.3 is 14.8 Å². The lowest BCUT2D eigenvalue weighted by Gasteiger charge is -2.59. The quantitative estimate of drug-likeness (QED) is 0.276. The summed E-state index contributed by atoms with van der Waals surface area (Å²) in [6, 6.07) is 13.0. The van der Waals surface area contributed by atoms with Crippen LogP contribution in [0.4, 0.5) is 0 Å². The number of likely N-dealkylation sites (tertiary alicyclic amines) is 1. The highest BCUT2D eigenvalue weighted by molar-refractivity contribution is 6.42. The van der Waals surface area contributed by atoms with Gasteiger partial charge in [0.15, 0.2) is 0 Å². The first-order valence-electron chi connectivity index (χ1n) is 12.6. The van der Waals surface area contributed by atoms with E-state index in [2.05, 4.69) is 22.9 Å². The maximum Gasteiger partial charge on any atom is 0.308 e. The summed E-state index contributed by atoms with van der Waals surface area (Å²) in [6.45, 7) is 7.74. The van der Waals surface area contributed by atoms with E-state index in [1.54, 1.807) is 25.3 Å². The SMILES string of the molecule is C=CCN1CCC2(c3cccc(OC(C)=O)c3)C[C@H](NC(=O)Cc3ccc(Cl)c(Cl)c3)CCC2(OC)C1. The highest BCUT2D eigenvalue weighted by Gasteiger charge is 2.58. The van der Waals surface area contributed by atoms with Crippen LogP contribution in [0.25, 0.3) is 0 Å². The van der Waals surface area contributed by atoms with Crippen molar-refractivity contribution in [3.63, 3.8) is 0 Å². The second-order valence-electron chi connectivity index (χ2n) is 10.1. The Kier molecular flexibility index (Phi) is 8.64. The van der Waals surface area contributed by atoms with Crippen LogP contribution in [0, 0.1) is 0 Å². The average molecular weight is 546 g/mol. The van der Waals surface area contributed by atoms with Gasteiger partial charge in [-0.2, -0.15) is 0 Å². The Bertz CT molecular complexity index is 1170. The van der Waals surface area contributed by atoms with Gasteiger partial charge in [-0.15, -0.1) is 6.58 Å². The topological polar surface area (TPSA) is 67.9 Å². The average Bonchev–Trinajstić information content (AvgIpc) is 2.86. The number of halogens is 2. The predicted octanol–water partition coefficient (Wildman–Crippen LogP) is 5.34. The molecule has 0 spiro atoms. The van der Waals surface area contributed by atoms with Crippen molar-refractivity contribution in [2.75, 3.05) is 26.7 Å². The number of ether oxygens (including phenoxy) is 2. The number of methoxy groups -OCH3 is 1. The summed E-state index contributed by atoms with van der Waals surface area (Å²) < 4.78 is 11.8. The Morgan fingerprint density at radius 2 is 2.00 bits per heavy atom. The van der Waals surface area contributed by atoms with Crippen LogP contribution >= 0.6 is 23.2 Å². The molecule has 37 heavy (non-hydrogen) atoms. The van der Waals surface area contributed by atoms with E-state index in [1.807, 2.05) is 24.3 Å². The van der Waals surface area contributed by atoms with Crippen molar-refractivity contribution in [1.29, 1.82) is 0 Å². The van der Waals surface area contributed by atoms with Gasteiger partial charge in [-0.3, -0.25) is 14.5 Å². The molecule has 1 heterocycles. The van der Waals surface area contributed by atoms with Crippen LogP contribution in [0.2, 0.25) is 10.0 Å². The van der Waals surface area contributed by atoms with Crippen molar-refractivity contribution in [3.8, 4) is 5.75 Å². The van der Waals surface area contributed by atoms with Crippen molar-refractivity contribution in [2.24, 2.45) is 0 Å². The van der Waals surface area contributed by atoms with Crippen LogP contribution in [0.5, 0.6) is 5.75 Å². The summed E-state index contributed by atoms with van der Waals surface area (Å²) in [7, 11) is 1.78. The van der Waals surface area contributed by atoms with Crippen molar-refractivity contribution < 1.29 is 19.1 Å². The number of benzene rings is 2. The van der Waals surface area contributed by atoms with Crippen molar-refractivity contribution in [3.05, 3.63) is 76.3 Å². The molecule has 2 fully saturated rings. The second-order valence-corrected chi connectivity index (χ2v) is 10.9. The number of carbonyl (C=O) groups excluding carboxylic acids is 2. The molecule has 2 aliphatic rings. The number of esters is 1.